The number of nitrogens with zero attached hydrogens (tertiary/aromatic N) is 2. The summed E-state index contributed by atoms with van der Waals surface area (Å²) >= 11 is 6.49. The summed E-state index contributed by atoms with van der Waals surface area (Å²) in [5.74, 6) is 0. The van der Waals surface area contributed by atoms with Gasteiger partial charge in [-0.2, -0.15) is 5.10 Å². The van der Waals surface area contributed by atoms with Crippen LogP contribution in [0.2, 0.25) is 5.02 Å². The number of hydrogen-bond donors (Lipinski definition) is 1. The maximum absolute atomic E-state index is 12.0. The van der Waals surface area contributed by atoms with Gasteiger partial charge in [-0.05, 0) is 73.9 Å². The third kappa shape index (κ3) is 4.74. The van der Waals surface area contributed by atoms with Gasteiger partial charge in [-0.15, -0.1) is 0 Å². The second kappa shape index (κ2) is 8.45. The van der Waals surface area contributed by atoms with Gasteiger partial charge in [0.2, 0.25) is 0 Å². The SMILES string of the molecule is Cc1cc(-c2cccc(S(C)(=O)=O)c2)ccc1-n1nc(C(C)(C)O)cc1-c1ccccc1Cl. The fraction of sp³-hybridized carbons (Fsp3) is 0.192. The van der Waals surface area contributed by atoms with Crippen LogP contribution in [0.3, 0.4) is 0 Å². The molecule has 4 aromatic rings. The first-order valence-corrected chi connectivity index (χ1v) is 12.7. The van der Waals surface area contributed by atoms with Crippen molar-refractivity contribution in [1.29, 1.82) is 0 Å². The summed E-state index contributed by atoms with van der Waals surface area (Å²) in [7, 11) is -3.30. The quantitative estimate of drug-likeness (QED) is 0.392. The Morgan fingerprint density at radius 1 is 0.939 bits per heavy atom. The van der Waals surface area contributed by atoms with Crippen LogP contribution in [0.1, 0.15) is 25.1 Å². The molecule has 0 saturated heterocycles. The molecule has 3 aromatic carbocycles. The Hall–Kier alpha value is -2.93. The van der Waals surface area contributed by atoms with Crippen molar-refractivity contribution in [3.05, 3.63) is 89.1 Å². The van der Waals surface area contributed by atoms with E-state index in [9.17, 15) is 13.5 Å². The molecule has 4 rings (SSSR count). The van der Waals surface area contributed by atoms with Crippen LogP contribution >= 0.6 is 11.6 Å². The van der Waals surface area contributed by atoms with Gasteiger partial charge in [0.1, 0.15) is 5.60 Å². The number of halogens is 1. The summed E-state index contributed by atoms with van der Waals surface area (Å²) in [6.45, 7) is 5.36. The van der Waals surface area contributed by atoms with E-state index in [1.165, 1.54) is 6.26 Å². The van der Waals surface area contributed by atoms with Gasteiger partial charge in [0.15, 0.2) is 9.84 Å². The minimum Gasteiger partial charge on any atom is -0.384 e. The highest BCUT2D eigenvalue weighted by molar-refractivity contribution is 7.90. The number of hydrogen-bond acceptors (Lipinski definition) is 4. The first kappa shape index (κ1) is 23.2. The maximum Gasteiger partial charge on any atom is 0.175 e. The lowest BCUT2D eigenvalue weighted by Gasteiger charge is -2.14. The summed E-state index contributed by atoms with van der Waals surface area (Å²) in [4.78, 5) is 0.282. The van der Waals surface area contributed by atoms with Gasteiger partial charge in [-0.25, -0.2) is 13.1 Å². The van der Waals surface area contributed by atoms with Crippen molar-refractivity contribution in [3.63, 3.8) is 0 Å². The van der Waals surface area contributed by atoms with E-state index in [-0.39, 0.29) is 4.90 Å². The maximum atomic E-state index is 12.0. The molecule has 0 unspecified atom stereocenters. The van der Waals surface area contributed by atoms with Crippen molar-refractivity contribution < 1.29 is 13.5 Å². The van der Waals surface area contributed by atoms with Crippen LogP contribution in [-0.4, -0.2) is 29.6 Å². The lowest BCUT2D eigenvalue weighted by atomic mass is 10.0. The Morgan fingerprint density at radius 2 is 1.64 bits per heavy atom. The molecule has 0 fully saturated rings. The zero-order chi connectivity index (χ0) is 24.0. The number of sulfone groups is 1. The van der Waals surface area contributed by atoms with E-state index < -0.39 is 15.4 Å². The van der Waals surface area contributed by atoms with Crippen molar-refractivity contribution in [3.8, 4) is 28.1 Å². The van der Waals surface area contributed by atoms with Crippen LogP contribution in [0.25, 0.3) is 28.1 Å². The highest BCUT2D eigenvalue weighted by Crippen LogP contribution is 2.34. The zero-order valence-electron chi connectivity index (χ0n) is 18.9. The molecule has 1 aromatic heterocycles. The number of rotatable bonds is 5. The van der Waals surface area contributed by atoms with Crippen molar-refractivity contribution in [2.75, 3.05) is 6.26 Å². The Morgan fingerprint density at radius 3 is 2.27 bits per heavy atom. The topological polar surface area (TPSA) is 72.2 Å². The number of aliphatic hydroxyl groups is 1. The molecule has 5 nitrogen and oxygen atoms in total. The predicted molar refractivity (Wildman–Crippen MR) is 133 cm³/mol. The van der Waals surface area contributed by atoms with E-state index in [1.807, 2.05) is 61.5 Å². The Balaban J connectivity index is 1.86. The van der Waals surface area contributed by atoms with E-state index in [2.05, 4.69) is 0 Å². The molecule has 0 atom stereocenters. The standard InChI is InChI=1S/C26H25ClN2O3S/c1-17-14-19(18-8-7-9-20(15-18)33(4,31)32)12-13-23(17)29-24(16-25(28-29)26(2,3)30)21-10-5-6-11-22(21)27/h5-16,30H,1-4H3. The van der Waals surface area contributed by atoms with Crippen LogP contribution in [0.15, 0.2) is 77.7 Å². The Labute approximate surface area is 199 Å². The smallest absolute Gasteiger partial charge is 0.175 e. The summed E-state index contributed by atoms with van der Waals surface area (Å²) < 4.78 is 25.7. The van der Waals surface area contributed by atoms with Gasteiger partial charge in [-0.3, -0.25) is 0 Å². The van der Waals surface area contributed by atoms with Crippen LogP contribution in [-0.2, 0) is 15.4 Å². The number of aryl methyl sites for hydroxylation is 1. The first-order valence-electron chi connectivity index (χ1n) is 10.4. The summed E-state index contributed by atoms with van der Waals surface area (Å²) in [6, 6.07) is 22.2. The minimum atomic E-state index is -3.30. The third-order valence-corrected chi connectivity index (χ3v) is 6.95. The molecule has 0 aliphatic rings. The van der Waals surface area contributed by atoms with Gasteiger partial charge in [0.25, 0.3) is 0 Å². The number of benzene rings is 3. The van der Waals surface area contributed by atoms with Crippen LogP contribution < -0.4 is 0 Å². The largest absolute Gasteiger partial charge is 0.384 e. The molecular formula is C26H25ClN2O3S. The molecule has 0 amide bonds. The second-order valence-electron chi connectivity index (χ2n) is 8.67. The Bertz CT molecular complexity index is 1450. The molecule has 0 aliphatic carbocycles. The summed E-state index contributed by atoms with van der Waals surface area (Å²) in [5, 5.41) is 15.9. The van der Waals surface area contributed by atoms with Gasteiger partial charge in [-0.1, -0.05) is 48.0 Å². The van der Waals surface area contributed by atoms with Crippen molar-refractivity contribution in [2.45, 2.75) is 31.3 Å². The Kier molecular flexibility index (Phi) is 5.95. The van der Waals surface area contributed by atoms with Crippen LogP contribution in [0.5, 0.6) is 0 Å². The van der Waals surface area contributed by atoms with Gasteiger partial charge in [0.05, 0.1) is 22.0 Å². The molecule has 0 saturated carbocycles. The molecule has 0 aliphatic heterocycles. The lowest BCUT2D eigenvalue weighted by Crippen LogP contribution is -2.16. The number of aromatic nitrogens is 2. The fourth-order valence-corrected chi connectivity index (χ4v) is 4.60. The van der Waals surface area contributed by atoms with Crippen LogP contribution in [0.4, 0.5) is 0 Å². The highest BCUT2D eigenvalue weighted by atomic mass is 35.5. The summed E-state index contributed by atoms with van der Waals surface area (Å²) in [6.07, 6.45) is 1.20. The second-order valence-corrected chi connectivity index (χ2v) is 11.1. The monoisotopic (exact) mass is 480 g/mol. The van der Waals surface area contributed by atoms with Crippen molar-refractivity contribution in [2.24, 2.45) is 0 Å². The third-order valence-electron chi connectivity index (χ3n) is 5.51. The fourth-order valence-electron chi connectivity index (χ4n) is 3.70. The summed E-state index contributed by atoms with van der Waals surface area (Å²) in [5.41, 5.74) is 4.48. The van der Waals surface area contributed by atoms with E-state index in [4.69, 9.17) is 16.7 Å². The molecular weight excluding hydrogens is 456 g/mol. The van der Waals surface area contributed by atoms with E-state index in [0.29, 0.717) is 10.7 Å². The van der Waals surface area contributed by atoms with Gasteiger partial charge in [0, 0.05) is 16.8 Å². The highest BCUT2D eigenvalue weighted by Gasteiger charge is 2.24. The van der Waals surface area contributed by atoms with Gasteiger partial charge >= 0.3 is 0 Å². The average molecular weight is 481 g/mol. The molecule has 1 heterocycles. The molecule has 170 valence electrons. The van der Waals surface area contributed by atoms with E-state index in [0.717, 1.165) is 33.6 Å². The average Bonchev–Trinajstić information content (AvgIpc) is 3.19. The van der Waals surface area contributed by atoms with Gasteiger partial charge < -0.3 is 5.11 Å². The molecule has 7 heteroatoms. The van der Waals surface area contributed by atoms with E-state index >= 15 is 0 Å². The minimum absolute atomic E-state index is 0.282. The molecule has 0 radical (unpaired) electrons. The normalized spacial score (nSPS) is 12.2. The van der Waals surface area contributed by atoms with Crippen molar-refractivity contribution in [1.82, 2.24) is 9.78 Å². The first-order chi connectivity index (χ1) is 15.4. The molecule has 0 spiro atoms. The molecule has 33 heavy (non-hydrogen) atoms. The zero-order valence-corrected chi connectivity index (χ0v) is 20.4. The lowest BCUT2D eigenvalue weighted by molar-refractivity contribution is 0.0734. The van der Waals surface area contributed by atoms with E-state index in [1.54, 1.807) is 36.7 Å². The predicted octanol–water partition coefficient (Wildman–Crippen LogP) is 5.80. The van der Waals surface area contributed by atoms with Crippen LogP contribution in [0, 0.1) is 6.92 Å². The molecule has 0 bridgehead atoms. The molecule has 1 N–H and O–H groups in total. The van der Waals surface area contributed by atoms with Crippen molar-refractivity contribution >= 4 is 21.4 Å².